The van der Waals surface area contributed by atoms with Gasteiger partial charge in [-0.25, -0.2) is 15.0 Å². The van der Waals surface area contributed by atoms with Crippen molar-refractivity contribution in [3.8, 4) is 0 Å². The Morgan fingerprint density at radius 3 is 2.82 bits per heavy atom. The Morgan fingerprint density at radius 1 is 1.12 bits per heavy atom. The smallest absolute Gasteiger partial charge is 0.248 e. The summed E-state index contributed by atoms with van der Waals surface area (Å²) < 4.78 is 2.50. The van der Waals surface area contributed by atoms with Crippen LogP contribution in [0.25, 0.3) is 21.9 Å². The number of carbonyl (C=O) groups excluding carboxylic acids is 2. The molecule has 4 aromatic rings. The molecule has 1 aliphatic carbocycles. The summed E-state index contributed by atoms with van der Waals surface area (Å²) in [5.74, 6) is 0.884. The van der Waals surface area contributed by atoms with E-state index in [9.17, 15) is 9.59 Å². The van der Waals surface area contributed by atoms with Crippen molar-refractivity contribution in [3.05, 3.63) is 53.4 Å². The molecular formula is C23H20BrN7O2. The van der Waals surface area contributed by atoms with Gasteiger partial charge in [0.25, 0.3) is 0 Å². The van der Waals surface area contributed by atoms with Gasteiger partial charge in [0.15, 0.2) is 0 Å². The topological polar surface area (TPSA) is 119 Å². The summed E-state index contributed by atoms with van der Waals surface area (Å²) >= 11 is 3.32. The Labute approximate surface area is 197 Å². The highest BCUT2D eigenvalue weighted by molar-refractivity contribution is 9.10. The molecule has 1 aliphatic heterocycles. The molecule has 3 N–H and O–H groups in total. The number of fused-ring (bicyclic) bond motifs is 4. The Balaban J connectivity index is 1.31. The SMILES string of the molecule is Nc1ncnc2c1c1ccccc1n2CC(=O)N1[C@@H]2CC2C[C@H]1C(=O)Nc1cccc(Br)n1. The number of anilines is 2. The van der Waals surface area contributed by atoms with E-state index in [1.807, 2.05) is 28.8 Å². The first kappa shape index (κ1) is 20.1. The second kappa shape index (κ2) is 7.51. The lowest BCUT2D eigenvalue weighted by molar-refractivity contribution is -0.138. The van der Waals surface area contributed by atoms with Crippen LogP contribution < -0.4 is 11.1 Å². The summed E-state index contributed by atoms with van der Waals surface area (Å²) in [6, 6.07) is 12.6. The van der Waals surface area contributed by atoms with Gasteiger partial charge in [0.05, 0.1) is 10.9 Å². The number of nitrogens with one attached hydrogen (secondary N) is 1. The number of nitrogen functional groups attached to an aromatic ring is 1. The van der Waals surface area contributed by atoms with Gasteiger partial charge < -0.3 is 20.5 Å². The zero-order valence-electron chi connectivity index (χ0n) is 17.5. The van der Waals surface area contributed by atoms with E-state index in [2.05, 4.69) is 36.2 Å². The Kier molecular flexibility index (Phi) is 4.58. The number of pyridine rings is 1. The number of nitrogens with zero attached hydrogens (tertiary/aromatic N) is 5. The minimum absolute atomic E-state index is 0.0720. The molecular weight excluding hydrogens is 486 g/mol. The van der Waals surface area contributed by atoms with Crippen molar-refractivity contribution < 1.29 is 9.59 Å². The molecule has 1 saturated heterocycles. The van der Waals surface area contributed by atoms with Crippen LogP contribution in [0.1, 0.15) is 12.8 Å². The minimum atomic E-state index is -0.519. The number of aromatic nitrogens is 4. The standard InChI is InChI=1S/C23H20BrN7O2/c24-17-6-3-7-18(28-17)29-23(33)16-9-12-8-15(12)31(16)19(32)10-30-14-5-2-1-4-13(14)20-21(25)26-11-27-22(20)30/h1-7,11-12,15-16H,8-10H2,(H2,25,26,27)(H,28,29,33)/t12?,15-,16+/m1/s1. The fourth-order valence-corrected chi connectivity index (χ4v) is 5.34. The third kappa shape index (κ3) is 3.32. The zero-order valence-corrected chi connectivity index (χ0v) is 19.1. The van der Waals surface area contributed by atoms with Crippen LogP contribution >= 0.6 is 15.9 Å². The third-order valence-corrected chi connectivity index (χ3v) is 6.97. The molecule has 33 heavy (non-hydrogen) atoms. The molecule has 2 aliphatic rings. The normalized spacial score (nSPS) is 21.4. The van der Waals surface area contributed by atoms with Crippen molar-refractivity contribution in [2.24, 2.45) is 5.92 Å². The fourth-order valence-electron chi connectivity index (χ4n) is 5.00. The van der Waals surface area contributed by atoms with Gasteiger partial charge in [0.2, 0.25) is 11.8 Å². The monoisotopic (exact) mass is 505 g/mol. The molecule has 2 amide bonds. The van der Waals surface area contributed by atoms with E-state index in [1.165, 1.54) is 6.33 Å². The van der Waals surface area contributed by atoms with Gasteiger partial charge in [-0.15, -0.1) is 0 Å². The highest BCUT2D eigenvalue weighted by Gasteiger charge is 2.56. The maximum Gasteiger partial charge on any atom is 0.248 e. The average Bonchev–Trinajstić information content (AvgIpc) is 3.34. The average molecular weight is 506 g/mol. The number of rotatable bonds is 4. The number of nitrogens with two attached hydrogens (primary N) is 1. The summed E-state index contributed by atoms with van der Waals surface area (Å²) in [4.78, 5) is 41.2. The predicted molar refractivity (Wildman–Crippen MR) is 127 cm³/mol. The van der Waals surface area contributed by atoms with Crippen LogP contribution in [-0.2, 0) is 16.1 Å². The largest absolute Gasteiger partial charge is 0.383 e. The van der Waals surface area contributed by atoms with Crippen molar-refractivity contribution in [2.45, 2.75) is 31.5 Å². The lowest BCUT2D eigenvalue weighted by Crippen LogP contribution is -2.46. The van der Waals surface area contributed by atoms with Gasteiger partial charge in [0, 0.05) is 11.4 Å². The zero-order chi connectivity index (χ0) is 22.7. The van der Waals surface area contributed by atoms with Gasteiger partial charge >= 0.3 is 0 Å². The van der Waals surface area contributed by atoms with E-state index in [4.69, 9.17) is 5.73 Å². The number of carbonyl (C=O) groups is 2. The van der Waals surface area contributed by atoms with Gasteiger partial charge in [-0.3, -0.25) is 9.59 Å². The maximum atomic E-state index is 13.6. The molecule has 1 unspecified atom stereocenters. The van der Waals surface area contributed by atoms with E-state index in [0.29, 0.717) is 34.2 Å². The molecule has 3 atom stereocenters. The second-order valence-corrected chi connectivity index (χ2v) is 9.32. The number of piperidine rings is 1. The van der Waals surface area contributed by atoms with Crippen LogP contribution in [0, 0.1) is 5.92 Å². The van der Waals surface area contributed by atoms with Crippen molar-refractivity contribution >= 4 is 61.3 Å². The van der Waals surface area contributed by atoms with Crippen LogP contribution in [0.2, 0.25) is 0 Å². The highest BCUT2D eigenvalue weighted by Crippen LogP contribution is 2.48. The molecule has 166 valence electrons. The molecule has 4 heterocycles. The van der Waals surface area contributed by atoms with Gasteiger partial charge in [0.1, 0.15) is 40.8 Å². The Bertz CT molecular complexity index is 1440. The van der Waals surface area contributed by atoms with E-state index in [-0.39, 0.29) is 24.4 Å². The molecule has 0 radical (unpaired) electrons. The van der Waals surface area contributed by atoms with Crippen LogP contribution in [0.4, 0.5) is 11.6 Å². The molecule has 9 nitrogen and oxygen atoms in total. The first-order chi connectivity index (χ1) is 16.0. The fraction of sp³-hybridized carbons (Fsp3) is 0.261. The summed E-state index contributed by atoms with van der Waals surface area (Å²) in [5, 5.41) is 4.50. The first-order valence-corrected chi connectivity index (χ1v) is 11.5. The van der Waals surface area contributed by atoms with Crippen LogP contribution in [0.15, 0.2) is 53.4 Å². The van der Waals surface area contributed by atoms with Crippen LogP contribution in [-0.4, -0.2) is 48.3 Å². The summed E-state index contributed by atoms with van der Waals surface area (Å²) in [7, 11) is 0. The molecule has 2 fully saturated rings. The number of hydrogen-bond donors (Lipinski definition) is 2. The third-order valence-electron chi connectivity index (χ3n) is 6.53. The molecule has 1 saturated carbocycles. The quantitative estimate of drug-likeness (QED) is 0.411. The van der Waals surface area contributed by atoms with E-state index < -0.39 is 6.04 Å². The Morgan fingerprint density at radius 2 is 1.97 bits per heavy atom. The number of para-hydroxylation sites is 1. The number of benzene rings is 1. The van der Waals surface area contributed by atoms with E-state index in [0.717, 1.165) is 22.7 Å². The Hall–Kier alpha value is -3.53. The summed E-state index contributed by atoms with van der Waals surface area (Å²) in [5.41, 5.74) is 7.61. The van der Waals surface area contributed by atoms with Gasteiger partial charge in [-0.1, -0.05) is 24.3 Å². The van der Waals surface area contributed by atoms with Crippen LogP contribution in [0.5, 0.6) is 0 Å². The van der Waals surface area contributed by atoms with Crippen LogP contribution in [0.3, 0.4) is 0 Å². The summed E-state index contributed by atoms with van der Waals surface area (Å²) in [6.07, 6.45) is 3.01. The number of hydrogen-bond acceptors (Lipinski definition) is 6. The number of halogens is 1. The van der Waals surface area contributed by atoms with Crippen molar-refractivity contribution in [1.29, 1.82) is 0 Å². The van der Waals surface area contributed by atoms with Crippen molar-refractivity contribution in [2.75, 3.05) is 11.1 Å². The van der Waals surface area contributed by atoms with Crippen molar-refractivity contribution in [1.82, 2.24) is 24.4 Å². The lowest BCUT2D eigenvalue weighted by atomic mass is 10.1. The van der Waals surface area contributed by atoms with Gasteiger partial charge in [-0.2, -0.15) is 0 Å². The first-order valence-electron chi connectivity index (χ1n) is 10.7. The van der Waals surface area contributed by atoms with E-state index >= 15 is 0 Å². The second-order valence-electron chi connectivity index (χ2n) is 8.51. The molecule has 0 spiro atoms. The predicted octanol–water partition coefficient (Wildman–Crippen LogP) is 2.95. The van der Waals surface area contributed by atoms with Gasteiger partial charge in [-0.05, 0) is 52.9 Å². The summed E-state index contributed by atoms with van der Waals surface area (Å²) in [6.45, 7) is 0.0720. The van der Waals surface area contributed by atoms with E-state index in [1.54, 1.807) is 23.1 Å². The molecule has 1 aromatic carbocycles. The molecule has 3 aromatic heterocycles. The minimum Gasteiger partial charge on any atom is -0.383 e. The number of amides is 2. The molecule has 10 heteroatoms. The highest BCUT2D eigenvalue weighted by atomic mass is 79.9. The maximum absolute atomic E-state index is 13.6. The lowest BCUT2D eigenvalue weighted by Gasteiger charge is -2.27. The van der Waals surface area contributed by atoms with Crippen molar-refractivity contribution in [3.63, 3.8) is 0 Å². The molecule has 6 rings (SSSR count). The molecule has 0 bridgehead atoms. The number of likely N-dealkylation sites (tertiary alicyclic amines) is 1.